The Hall–Kier alpha value is -1.40. The van der Waals surface area contributed by atoms with E-state index in [1.165, 1.54) is 6.92 Å². The van der Waals surface area contributed by atoms with Crippen LogP contribution in [0.15, 0.2) is 4.90 Å². The van der Waals surface area contributed by atoms with E-state index in [0.29, 0.717) is 28.0 Å². The lowest BCUT2D eigenvalue weighted by Gasteiger charge is -2.17. The molecule has 0 amide bonds. The summed E-state index contributed by atoms with van der Waals surface area (Å²) in [4.78, 5) is 10.9. The lowest BCUT2D eigenvalue weighted by Crippen LogP contribution is -2.11. The molecule has 0 unspecified atom stereocenters. The predicted molar refractivity (Wildman–Crippen MR) is 66.5 cm³/mol. The molecule has 18 heavy (non-hydrogen) atoms. The second kappa shape index (κ2) is 4.70. The molecule has 1 aromatic rings. The molecule has 1 aromatic carbocycles. The van der Waals surface area contributed by atoms with E-state index in [-0.39, 0.29) is 4.90 Å². The van der Waals surface area contributed by atoms with E-state index in [4.69, 9.17) is 4.74 Å². The fourth-order valence-electron chi connectivity index (χ4n) is 1.93. The molecule has 0 bridgehead atoms. The summed E-state index contributed by atoms with van der Waals surface area (Å²) in [7, 11) is -4.29. The van der Waals surface area contributed by atoms with Gasteiger partial charge >= 0.3 is 5.97 Å². The monoisotopic (exact) mass is 272 g/mol. The van der Waals surface area contributed by atoms with Gasteiger partial charge in [-0.25, -0.2) is 0 Å². The molecule has 0 aliphatic heterocycles. The average molecular weight is 272 g/mol. The summed E-state index contributed by atoms with van der Waals surface area (Å²) in [5.41, 5.74) is 1.83. The topological polar surface area (TPSA) is 80.7 Å². The zero-order valence-corrected chi connectivity index (χ0v) is 11.8. The summed E-state index contributed by atoms with van der Waals surface area (Å²) in [5.74, 6) is -0.121. The second-order valence-corrected chi connectivity index (χ2v) is 5.59. The average Bonchev–Trinajstić information content (AvgIpc) is 2.19. The number of ether oxygens (including phenoxy) is 1. The molecule has 0 aliphatic carbocycles. The number of carbonyl (C=O) groups excluding carboxylic acids is 1. The molecule has 6 heteroatoms. The molecule has 0 heterocycles. The molecular weight excluding hydrogens is 256 g/mol. The van der Waals surface area contributed by atoms with Crippen LogP contribution < -0.4 is 4.74 Å². The van der Waals surface area contributed by atoms with Gasteiger partial charge in [0.15, 0.2) is 0 Å². The first kappa shape index (κ1) is 14.7. The van der Waals surface area contributed by atoms with Gasteiger partial charge in [0.25, 0.3) is 10.1 Å². The number of hydrogen-bond acceptors (Lipinski definition) is 4. The van der Waals surface area contributed by atoms with Crippen molar-refractivity contribution in [1.29, 1.82) is 0 Å². The summed E-state index contributed by atoms with van der Waals surface area (Å²) in [5, 5.41) is 0. The molecule has 0 saturated heterocycles. The van der Waals surface area contributed by atoms with Crippen molar-refractivity contribution in [2.24, 2.45) is 0 Å². The SMILES string of the molecule is CC(=O)Oc1c(C)c(C)c(S(=O)(=O)O)c(C)c1C. The van der Waals surface area contributed by atoms with Crippen molar-refractivity contribution >= 4 is 16.1 Å². The largest absolute Gasteiger partial charge is 0.426 e. The Kier molecular flexibility index (Phi) is 3.83. The highest BCUT2D eigenvalue weighted by Crippen LogP contribution is 2.34. The van der Waals surface area contributed by atoms with Crippen LogP contribution in [-0.4, -0.2) is 18.9 Å². The number of esters is 1. The first-order valence-corrected chi connectivity index (χ1v) is 6.77. The predicted octanol–water partition coefficient (Wildman–Crippen LogP) is 2.09. The Bertz CT molecular complexity index is 585. The smallest absolute Gasteiger partial charge is 0.308 e. The molecule has 0 fully saturated rings. The van der Waals surface area contributed by atoms with E-state index < -0.39 is 16.1 Å². The third-order valence-electron chi connectivity index (χ3n) is 2.99. The fourth-order valence-corrected chi connectivity index (χ4v) is 3.01. The third-order valence-corrected chi connectivity index (χ3v) is 4.12. The zero-order valence-electron chi connectivity index (χ0n) is 11.0. The zero-order chi connectivity index (χ0) is 14.2. The van der Waals surface area contributed by atoms with Crippen molar-refractivity contribution in [3.8, 4) is 5.75 Å². The molecule has 0 spiro atoms. The molecule has 1 N–H and O–H groups in total. The maximum absolute atomic E-state index is 11.4. The summed E-state index contributed by atoms with van der Waals surface area (Å²) in [6.45, 7) is 7.71. The van der Waals surface area contributed by atoms with Crippen molar-refractivity contribution in [2.75, 3.05) is 0 Å². The van der Waals surface area contributed by atoms with Gasteiger partial charge in [0, 0.05) is 6.92 Å². The highest BCUT2D eigenvalue weighted by molar-refractivity contribution is 7.86. The number of carbonyl (C=O) groups is 1. The molecule has 0 atom stereocenters. The Morgan fingerprint density at radius 3 is 1.67 bits per heavy atom. The Balaban J connectivity index is 3.72. The van der Waals surface area contributed by atoms with Gasteiger partial charge in [0.2, 0.25) is 0 Å². The van der Waals surface area contributed by atoms with Crippen LogP contribution in [0, 0.1) is 27.7 Å². The van der Waals surface area contributed by atoms with Crippen LogP contribution in [0.4, 0.5) is 0 Å². The first-order valence-electron chi connectivity index (χ1n) is 5.33. The molecule has 0 aliphatic rings. The van der Waals surface area contributed by atoms with Crippen molar-refractivity contribution in [2.45, 2.75) is 39.5 Å². The van der Waals surface area contributed by atoms with Crippen LogP contribution in [0.2, 0.25) is 0 Å². The molecule has 100 valence electrons. The molecule has 0 radical (unpaired) electrons. The quantitative estimate of drug-likeness (QED) is 0.506. The van der Waals surface area contributed by atoms with Gasteiger partial charge in [-0.05, 0) is 49.9 Å². The normalized spacial score (nSPS) is 11.4. The van der Waals surface area contributed by atoms with E-state index in [0.717, 1.165) is 0 Å². The minimum Gasteiger partial charge on any atom is -0.426 e. The number of hydrogen-bond donors (Lipinski definition) is 1. The van der Waals surface area contributed by atoms with Gasteiger partial charge in [-0.2, -0.15) is 8.42 Å². The third kappa shape index (κ3) is 2.54. The van der Waals surface area contributed by atoms with Gasteiger partial charge in [-0.15, -0.1) is 0 Å². The van der Waals surface area contributed by atoms with E-state index in [1.54, 1.807) is 27.7 Å². The molecule has 1 rings (SSSR count). The standard InChI is InChI=1S/C12H16O5S/c1-6-8(3)12(18(14,15)16)9(4)7(2)11(6)17-10(5)13/h1-5H3,(H,14,15,16). The van der Waals surface area contributed by atoms with Crippen molar-refractivity contribution in [3.63, 3.8) is 0 Å². The van der Waals surface area contributed by atoms with Crippen LogP contribution in [0.1, 0.15) is 29.2 Å². The summed E-state index contributed by atoms with van der Waals surface area (Å²) < 4.78 is 37.0. The summed E-state index contributed by atoms with van der Waals surface area (Å²) >= 11 is 0. The van der Waals surface area contributed by atoms with Gasteiger partial charge in [0.1, 0.15) is 10.6 Å². The van der Waals surface area contributed by atoms with Crippen molar-refractivity contribution in [3.05, 3.63) is 22.3 Å². The van der Waals surface area contributed by atoms with Crippen LogP contribution >= 0.6 is 0 Å². The summed E-state index contributed by atoms with van der Waals surface area (Å²) in [6, 6.07) is 0. The lowest BCUT2D eigenvalue weighted by atomic mass is 10.00. The van der Waals surface area contributed by atoms with Gasteiger partial charge in [-0.1, -0.05) is 0 Å². The Morgan fingerprint density at radius 2 is 1.39 bits per heavy atom. The Labute approximate surface area is 107 Å². The van der Waals surface area contributed by atoms with E-state index in [2.05, 4.69) is 0 Å². The minimum atomic E-state index is -4.29. The fraction of sp³-hybridized carbons (Fsp3) is 0.417. The highest BCUT2D eigenvalue weighted by atomic mass is 32.2. The minimum absolute atomic E-state index is 0.117. The summed E-state index contributed by atoms with van der Waals surface area (Å²) in [6.07, 6.45) is 0. The lowest BCUT2D eigenvalue weighted by molar-refractivity contribution is -0.131. The van der Waals surface area contributed by atoms with Gasteiger partial charge in [-0.3, -0.25) is 9.35 Å². The Morgan fingerprint density at radius 1 is 1.00 bits per heavy atom. The van der Waals surface area contributed by atoms with E-state index in [1.807, 2.05) is 0 Å². The van der Waals surface area contributed by atoms with Gasteiger partial charge < -0.3 is 4.74 Å². The van der Waals surface area contributed by atoms with Crippen molar-refractivity contribution < 1.29 is 22.5 Å². The van der Waals surface area contributed by atoms with Crippen LogP contribution in [0.3, 0.4) is 0 Å². The van der Waals surface area contributed by atoms with Crippen LogP contribution in [0.5, 0.6) is 5.75 Å². The molecular formula is C12H16O5S. The molecule has 5 nitrogen and oxygen atoms in total. The number of benzene rings is 1. The maximum Gasteiger partial charge on any atom is 0.308 e. The van der Waals surface area contributed by atoms with Crippen molar-refractivity contribution in [1.82, 2.24) is 0 Å². The first-order chi connectivity index (χ1) is 8.07. The van der Waals surface area contributed by atoms with Crippen LogP contribution in [-0.2, 0) is 14.9 Å². The molecule has 0 aromatic heterocycles. The maximum atomic E-state index is 11.4. The molecule has 0 saturated carbocycles. The van der Waals surface area contributed by atoms with Gasteiger partial charge in [0.05, 0.1) is 0 Å². The van der Waals surface area contributed by atoms with E-state index in [9.17, 15) is 17.8 Å². The second-order valence-electron chi connectivity index (χ2n) is 4.23. The van der Waals surface area contributed by atoms with E-state index >= 15 is 0 Å². The van der Waals surface area contributed by atoms with Crippen LogP contribution in [0.25, 0.3) is 0 Å². The number of rotatable bonds is 2. The highest BCUT2D eigenvalue weighted by Gasteiger charge is 2.23.